The SMILES string of the molecule is CC#CC(=O)CCOCCCNCCn1ccnn1. The van der Waals surface area contributed by atoms with Crippen molar-refractivity contribution in [1.82, 2.24) is 20.3 Å². The first kappa shape index (κ1) is 15.3. The third-order valence-electron chi connectivity index (χ3n) is 2.37. The fraction of sp³-hybridized carbons (Fsp3) is 0.615. The van der Waals surface area contributed by atoms with Crippen molar-refractivity contribution in [2.45, 2.75) is 26.3 Å². The van der Waals surface area contributed by atoms with E-state index in [4.69, 9.17) is 4.74 Å². The van der Waals surface area contributed by atoms with Gasteiger partial charge in [0.05, 0.1) is 19.3 Å². The molecule has 0 aliphatic carbocycles. The predicted octanol–water partition coefficient (Wildman–Crippen LogP) is 0.257. The van der Waals surface area contributed by atoms with Gasteiger partial charge < -0.3 is 10.1 Å². The molecule has 0 saturated heterocycles. The molecule has 104 valence electrons. The summed E-state index contributed by atoms with van der Waals surface area (Å²) in [5.41, 5.74) is 0. The molecule has 0 aliphatic heterocycles. The molecule has 0 aromatic carbocycles. The fourth-order valence-corrected chi connectivity index (χ4v) is 1.44. The lowest BCUT2D eigenvalue weighted by molar-refractivity contribution is -0.114. The van der Waals surface area contributed by atoms with Crippen molar-refractivity contribution in [3.63, 3.8) is 0 Å². The van der Waals surface area contributed by atoms with E-state index in [1.807, 2.05) is 6.20 Å². The van der Waals surface area contributed by atoms with E-state index in [1.54, 1.807) is 17.8 Å². The summed E-state index contributed by atoms with van der Waals surface area (Å²) in [5, 5.41) is 10.9. The number of aromatic nitrogens is 3. The van der Waals surface area contributed by atoms with E-state index in [0.717, 1.165) is 26.1 Å². The molecule has 0 aliphatic rings. The van der Waals surface area contributed by atoms with Crippen LogP contribution in [0.5, 0.6) is 0 Å². The number of nitrogens with zero attached hydrogens (tertiary/aromatic N) is 3. The molecule has 1 N–H and O–H groups in total. The van der Waals surface area contributed by atoms with Crippen LogP contribution in [0.2, 0.25) is 0 Å². The van der Waals surface area contributed by atoms with Crippen LogP contribution in [-0.2, 0) is 16.1 Å². The lowest BCUT2D eigenvalue weighted by Crippen LogP contribution is -2.22. The van der Waals surface area contributed by atoms with Gasteiger partial charge in [-0.25, -0.2) is 0 Å². The van der Waals surface area contributed by atoms with E-state index < -0.39 is 0 Å². The molecule has 1 heterocycles. The second kappa shape index (κ2) is 10.2. The van der Waals surface area contributed by atoms with Crippen molar-refractivity contribution >= 4 is 5.78 Å². The molecule has 1 rings (SSSR count). The Morgan fingerprint density at radius 2 is 2.32 bits per heavy atom. The summed E-state index contributed by atoms with van der Waals surface area (Å²) in [6.45, 7) is 5.32. The number of ketones is 1. The summed E-state index contributed by atoms with van der Waals surface area (Å²) in [7, 11) is 0. The smallest absolute Gasteiger partial charge is 0.207 e. The molecule has 1 aromatic rings. The normalized spacial score (nSPS) is 9.95. The molecule has 0 spiro atoms. The molecule has 0 radical (unpaired) electrons. The highest BCUT2D eigenvalue weighted by Crippen LogP contribution is 1.87. The highest BCUT2D eigenvalue weighted by Gasteiger charge is 1.96. The van der Waals surface area contributed by atoms with E-state index in [1.165, 1.54) is 0 Å². The Labute approximate surface area is 113 Å². The maximum absolute atomic E-state index is 11.1. The van der Waals surface area contributed by atoms with Crippen LogP contribution in [0.3, 0.4) is 0 Å². The number of nitrogens with one attached hydrogen (secondary N) is 1. The number of carbonyl (C=O) groups excluding carboxylic acids is 1. The minimum absolute atomic E-state index is 0.0616. The second-order valence-corrected chi connectivity index (χ2v) is 3.93. The Kier molecular flexibility index (Phi) is 8.27. The van der Waals surface area contributed by atoms with Gasteiger partial charge in [-0.05, 0) is 25.8 Å². The molecule has 6 heteroatoms. The topological polar surface area (TPSA) is 69.0 Å². The van der Waals surface area contributed by atoms with Gasteiger partial charge in [0.1, 0.15) is 0 Å². The first-order valence-electron chi connectivity index (χ1n) is 6.41. The molecular formula is C13H20N4O2. The van der Waals surface area contributed by atoms with Gasteiger partial charge >= 0.3 is 0 Å². The molecular weight excluding hydrogens is 244 g/mol. The van der Waals surface area contributed by atoms with Gasteiger partial charge in [-0.3, -0.25) is 9.48 Å². The van der Waals surface area contributed by atoms with Crippen LogP contribution in [0.4, 0.5) is 0 Å². The van der Waals surface area contributed by atoms with E-state index in [9.17, 15) is 4.79 Å². The van der Waals surface area contributed by atoms with Crippen molar-refractivity contribution in [2.75, 3.05) is 26.3 Å². The van der Waals surface area contributed by atoms with Gasteiger partial charge in [-0.2, -0.15) is 0 Å². The summed E-state index contributed by atoms with van der Waals surface area (Å²) < 4.78 is 7.13. The molecule has 0 unspecified atom stereocenters. The largest absolute Gasteiger partial charge is 0.381 e. The summed E-state index contributed by atoms with van der Waals surface area (Å²) in [5.74, 6) is 5.00. The Balaban J connectivity index is 1.83. The Bertz CT molecular complexity index is 406. The van der Waals surface area contributed by atoms with Crippen molar-refractivity contribution in [1.29, 1.82) is 0 Å². The zero-order chi connectivity index (χ0) is 13.8. The van der Waals surface area contributed by atoms with E-state index in [2.05, 4.69) is 27.5 Å². The third-order valence-corrected chi connectivity index (χ3v) is 2.37. The number of ether oxygens (including phenoxy) is 1. The summed E-state index contributed by atoms with van der Waals surface area (Å²) in [4.78, 5) is 11.1. The molecule has 6 nitrogen and oxygen atoms in total. The summed E-state index contributed by atoms with van der Waals surface area (Å²) >= 11 is 0. The van der Waals surface area contributed by atoms with Crippen molar-refractivity contribution < 1.29 is 9.53 Å². The molecule has 19 heavy (non-hydrogen) atoms. The maximum atomic E-state index is 11.1. The number of Topliss-reactive ketones (excluding diaryl/α,β-unsaturated/α-hetero) is 1. The minimum Gasteiger partial charge on any atom is -0.381 e. The van der Waals surface area contributed by atoms with Crippen molar-refractivity contribution in [3.05, 3.63) is 12.4 Å². The van der Waals surface area contributed by atoms with Crippen LogP contribution in [0.25, 0.3) is 0 Å². The Morgan fingerprint density at radius 1 is 1.42 bits per heavy atom. The number of hydrogen-bond acceptors (Lipinski definition) is 5. The van der Waals surface area contributed by atoms with Crippen LogP contribution < -0.4 is 5.32 Å². The maximum Gasteiger partial charge on any atom is 0.207 e. The van der Waals surface area contributed by atoms with Gasteiger partial charge in [0.25, 0.3) is 0 Å². The molecule has 0 atom stereocenters. The number of carbonyl (C=O) groups is 1. The lowest BCUT2D eigenvalue weighted by atomic mass is 10.3. The summed E-state index contributed by atoms with van der Waals surface area (Å²) in [6, 6.07) is 0. The molecule has 0 fully saturated rings. The van der Waals surface area contributed by atoms with Crippen LogP contribution in [0, 0.1) is 11.8 Å². The second-order valence-electron chi connectivity index (χ2n) is 3.93. The Morgan fingerprint density at radius 3 is 3.05 bits per heavy atom. The van der Waals surface area contributed by atoms with Crippen molar-refractivity contribution in [3.8, 4) is 11.8 Å². The molecule has 0 saturated carbocycles. The van der Waals surface area contributed by atoms with Crippen molar-refractivity contribution in [2.24, 2.45) is 0 Å². The van der Waals surface area contributed by atoms with Gasteiger partial charge in [-0.15, -0.1) is 5.10 Å². The zero-order valence-corrected chi connectivity index (χ0v) is 11.3. The van der Waals surface area contributed by atoms with Crippen LogP contribution >= 0.6 is 0 Å². The van der Waals surface area contributed by atoms with E-state index in [0.29, 0.717) is 19.6 Å². The van der Waals surface area contributed by atoms with Gasteiger partial charge in [0.2, 0.25) is 5.78 Å². The molecule has 0 amide bonds. The average molecular weight is 264 g/mol. The molecule has 1 aromatic heterocycles. The zero-order valence-electron chi connectivity index (χ0n) is 11.3. The highest BCUT2D eigenvalue weighted by atomic mass is 16.5. The highest BCUT2D eigenvalue weighted by molar-refractivity contribution is 5.95. The standard InChI is InChI=1S/C13H20N4O2/c1-2-4-13(18)5-12-19-11-3-6-14-7-9-17-10-8-15-16-17/h8,10,14H,3,5-7,9,11-12H2,1H3. The lowest BCUT2D eigenvalue weighted by Gasteiger charge is -2.05. The molecule has 0 bridgehead atoms. The van der Waals surface area contributed by atoms with Gasteiger partial charge in [0.15, 0.2) is 0 Å². The van der Waals surface area contributed by atoms with Crippen LogP contribution in [0.1, 0.15) is 19.8 Å². The Hall–Kier alpha value is -1.71. The number of hydrogen-bond donors (Lipinski definition) is 1. The minimum atomic E-state index is -0.0616. The van der Waals surface area contributed by atoms with Crippen LogP contribution in [0.15, 0.2) is 12.4 Å². The van der Waals surface area contributed by atoms with Gasteiger partial charge in [0, 0.05) is 25.8 Å². The predicted molar refractivity (Wildman–Crippen MR) is 71.4 cm³/mol. The average Bonchev–Trinajstić information content (AvgIpc) is 2.90. The first-order chi connectivity index (χ1) is 9.33. The van der Waals surface area contributed by atoms with Crippen LogP contribution in [-0.4, -0.2) is 47.1 Å². The number of rotatable bonds is 10. The fourth-order valence-electron chi connectivity index (χ4n) is 1.44. The van der Waals surface area contributed by atoms with Gasteiger partial charge in [-0.1, -0.05) is 11.1 Å². The first-order valence-corrected chi connectivity index (χ1v) is 6.41. The quantitative estimate of drug-likeness (QED) is 0.373. The third kappa shape index (κ3) is 8.08. The van der Waals surface area contributed by atoms with E-state index in [-0.39, 0.29) is 5.78 Å². The van der Waals surface area contributed by atoms with E-state index >= 15 is 0 Å². The monoisotopic (exact) mass is 264 g/mol. The summed E-state index contributed by atoms with van der Waals surface area (Å²) in [6.07, 6.45) is 4.80.